The summed E-state index contributed by atoms with van der Waals surface area (Å²) in [5.74, 6) is -8.47. The smallest absolute Gasteiger partial charge is 0.203 e. The molecule has 0 aromatic heterocycles. The van der Waals surface area contributed by atoms with E-state index in [0.717, 1.165) is 6.07 Å². The van der Waals surface area contributed by atoms with Gasteiger partial charge in [0.15, 0.2) is 17.4 Å². The zero-order chi connectivity index (χ0) is 15.6. The van der Waals surface area contributed by atoms with Gasteiger partial charge in [-0.15, -0.1) is 0 Å². The summed E-state index contributed by atoms with van der Waals surface area (Å²) in [5, 5.41) is 0. The lowest BCUT2D eigenvalue weighted by molar-refractivity contribution is 0.257. The highest BCUT2D eigenvalue weighted by molar-refractivity contribution is 5.30. The average molecular weight is 303 g/mol. The van der Waals surface area contributed by atoms with Crippen LogP contribution in [0.15, 0.2) is 24.3 Å². The lowest BCUT2D eigenvalue weighted by Gasteiger charge is -2.11. The van der Waals surface area contributed by atoms with Gasteiger partial charge in [-0.1, -0.05) is 6.07 Å². The topological polar surface area (TPSA) is 35.2 Å². The van der Waals surface area contributed by atoms with Crippen LogP contribution >= 0.6 is 0 Å². The minimum Gasteiger partial charge on any atom is -0.483 e. The second kappa shape index (κ2) is 6.09. The fourth-order valence-corrected chi connectivity index (χ4v) is 1.69. The summed E-state index contributed by atoms with van der Waals surface area (Å²) < 4.78 is 70.9. The number of ether oxygens (including phenoxy) is 1. The fourth-order valence-electron chi connectivity index (χ4n) is 1.69. The molecule has 0 unspecified atom stereocenters. The van der Waals surface area contributed by atoms with E-state index in [4.69, 9.17) is 5.73 Å². The number of nitrogens with two attached hydrogens (primary N) is 1. The van der Waals surface area contributed by atoms with E-state index in [9.17, 15) is 22.0 Å². The molecule has 0 aliphatic carbocycles. The summed E-state index contributed by atoms with van der Waals surface area (Å²) >= 11 is 0. The van der Waals surface area contributed by atoms with Crippen LogP contribution in [0.25, 0.3) is 0 Å². The van der Waals surface area contributed by atoms with Crippen molar-refractivity contribution in [1.29, 1.82) is 0 Å². The van der Waals surface area contributed by atoms with Gasteiger partial charge in [-0.25, -0.2) is 13.2 Å². The maximum absolute atomic E-state index is 13.5. The second-order valence-corrected chi connectivity index (χ2v) is 4.22. The molecule has 2 aromatic rings. The highest BCUT2D eigenvalue weighted by Crippen LogP contribution is 2.27. The van der Waals surface area contributed by atoms with Crippen LogP contribution in [-0.4, -0.2) is 0 Å². The molecule has 2 nitrogen and oxygen atoms in total. The van der Waals surface area contributed by atoms with Gasteiger partial charge < -0.3 is 10.5 Å². The van der Waals surface area contributed by atoms with E-state index in [1.165, 1.54) is 12.1 Å². The molecule has 2 rings (SSSR count). The molecule has 0 bridgehead atoms. The largest absolute Gasteiger partial charge is 0.483 e. The molecule has 0 spiro atoms. The third-order valence-electron chi connectivity index (χ3n) is 2.79. The predicted octanol–water partition coefficient (Wildman–Crippen LogP) is 3.42. The van der Waals surface area contributed by atoms with Gasteiger partial charge >= 0.3 is 0 Å². The maximum Gasteiger partial charge on any atom is 0.203 e. The van der Waals surface area contributed by atoms with E-state index in [-0.39, 0.29) is 18.2 Å². The Morgan fingerprint density at radius 1 is 0.857 bits per heavy atom. The van der Waals surface area contributed by atoms with Crippen LogP contribution in [0.5, 0.6) is 5.75 Å². The Labute approximate surface area is 116 Å². The Hall–Kier alpha value is -2.15. The van der Waals surface area contributed by atoms with E-state index in [1.807, 2.05) is 0 Å². The molecule has 21 heavy (non-hydrogen) atoms. The highest BCUT2D eigenvalue weighted by Gasteiger charge is 2.21. The van der Waals surface area contributed by atoms with Crippen LogP contribution in [0.3, 0.4) is 0 Å². The Balaban J connectivity index is 2.28. The number of halogens is 5. The maximum atomic E-state index is 13.5. The van der Waals surface area contributed by atoms with Gasteiger partial charge in [0, 0.05) is 18.2 Å². The van der Waals surface area contributed by atoms with Crippen LogP contribution in [0.1, 0.15) is 11.1 Å². The second-order valence-electron chi connectivity index (χ2n) is 4.22. The molecule has 0 saturated heterocycles. The average Bonchev–Trinajstić information content (AvgIpc) is 2.47. The Morgan fingerprint density at radius 3 is 2.05 bits per heavy atom. The minimum atomic E-state index is -1.68. The normalized spacial score (nSPS) is 10.8. The first-order valence-corrected chi connectivity index (χ1v) is 5.87. The summed E-state index contributed by atoms with van der Waals surface area (Å²) in [6.07, 6.45) is 0. The van der Waals surface area contributed by atoms with Gasteiger partial charge in [0.1, 0.15) is 12.4 Å². The van der Waals surface area contributed by atoms with Crippen molar-refractivity contribution in [3.63, 3.8) is 0 Å². The Bertz CT molecular complexity index is 649. The van der Waals surface area contributed by atoms with Gasteiger partial charge in [-0.05, 0) is 17.7 Å². The summed E-state index contributed by atoms with van der Waals surface area (Å²) in [4.78, 5) is 0. The molecule has 0 saturated carbocycles. The first-order chi connectivity index (χ1) is 9.93. The van der Waals surface area contributed by atoms with E-state index in [1.54, 1.807) is 0 Å². The fraction of sp³-hybridized carbons (Fsp3) is 0.143. The van der Waals surface area contributed by atoms with Crippen molar-refractivity contribution in [1.82, 2.24) is 0 Å². The van der Waals surface area contributed by atoms with Crippen molar-refractivity contribution < 1.29 is 26.7 Å². The van der Waals surface area contributed by atoms with Crippen molar-refractivity contribution >= 4 is 0 Å². The van der Waals surface area contributed by atoms with Gasteiger partial charge in [0.2, 0.25) is 11.6 Å². The van der Waals surface area contributed by atoms with Crippen molar-refractivity contribution in [2.45, 2.75) is 13.2 Å². The van der Waals surface area contributed by atoms with Crippen LogP contribution in [-0.2, 0) is 13.2 Å². The molecule has 0 radical (unpaired) electrons. The first-order valence-electron chi connectivity index (χ1n) is 5.87. The molecule has 0 heterocycles. The minimum absolute atomic E-state index is 0.0404. The molecule has 112 valence electrons. The van der Waals surface area contributed by atoms with Gasteiger partial charge in [0.05, 0.1) is 0 Å². The number of benzene rings is 2. The van der Waals surface area contributed by atoms with Crippen molar-refractivity contribution in [3.8, 4) is 5.75 Å². The van der Waals surface area contributed by atoms with E-state index >= 15 is 0 Å². The SMILES string of the molecule is NCc1ccc(F)c(COc2c(F)c(F)cc(F)c2F)c1. The summed E-state index contributed by atoms with van der Waals surface area (Å²) in [6, 6.07) is 3.94. The van der Waals surface area contributed by atoms with Crippen LogP contribution in [0, 0.1) is 29.1 Å². The summed E-state index contributed by atoms with van der Waals surface area (Å²) in [5.41, 5.74) is 5.91. The Morgan fingerprint density at radius 2 is 1.48 bits per heavy atom. The number of hydrogen-bond acceptors (Lipinski definition) is 2. The van der Waals surface area contributed by atoms with E-state index < -0.39 is 41.4 Å². The van der Waals surface area contributed by atoms with Gasteiger partial charge in [-0.2, -0.15) is 8.78 Å². The third-order valence-corrected chi connectivity index (χ3v) is 2.79. The quantitative estimate of drug-likeness (QED) is 0.694. The molecule has 0 aliphatic rings. The van der Waals surface area contributed by atoms with Crippen LogP contribution in [0.4, 0.5) is 22.0 Å². The van der Waals surface area contributed by atoms with E-state index in [2.05, 4.69) is 4.74 Å². The molecule has 7 heteroatoms. The van der Waals surface area contributed by atoms with Crippen LogP contribution in [0.2, 0.25) is 0 Å². The van der Waals surface area contributed by atoms with Crippen molar-refractivity contribution in [2.75, 3.05) is 0 Å². The first kappa shape index (κ1) is 15.2. The molecule has 0 aliphatic heterocycles. The van der Waals surface area contributed by atoms with Crippen molar-refractivity contribution in [2.24, 2.45) is 5.73 Å². The predicted molar refractivity (Wildman–Crippen MR) is 64.9 cm³/mol. The third kappa shape index (κ3) is 3.13. The lowest BCUT2D eigenvalue weighted by atomic mass is 10.1. The van der Waals surface area contributed by atoms with E-state index in [0.29, 0.717) is 5.56 Å². The van der Waals surface area contributed by atoms with Crippen LogP contribution < -0.4 is 10.5 Å². The Kier molecular flexibility index (Phi) is 4.42. The number of hydrogen-bond donors (Lipinski definition) is 1. The summed E-state index contributed by atoms with van der Waals surface area (Å²) in [7, 11) is 0. The van der Waals surface area contributed by atoms with Gasteiger partial charge in [-0.3, -0.25) is 0 Å². The van der Waals surface area contributed by atoms with Crippen molar-refractivity contribution in [3.05, 3.63) is 64.5 Å². The number of rotatable bonds is 4. The molecule has 0 fully saturated rings. The molecule has 2 aromatic carbocycles. The molecular formula is C14H10F5NO. The molecular weight excluding hydrogens is 293 g/mol. The highest BCUT2D eigenvalue weighted by atomic mass is 19.2. The monoisotopic (exact) mass is 303 g/mol. The van der Waals surface area contributed by atoms with Gasteiger partial charge in [0.25, 0.3) is 0 Å². The molecule has 2 N–H and O–H groups in total. The summed E-state index contributed by atoms with van der Waals surface area (Å²) in [6.45, 7) is -0.471. The zero-order valence-electron chi connectivity index (χ0n) is 10.6. The zero-order valence-corrected chi connectivity index (χ0v) is 10.6. The lowest BCUT2D eigenvalue weighted by Crippen LogP contribution is -2.06. The molecule has 0 amide bonds. The standard InChI is InChI=1S/C14H10F5NO/c15-9-2-1-7(5-20)3-8(9)6-21-14-12(18)10(16)4-11(17)13(14)19/h1-4H,5-6,20H2. The molecule has 0 atom stereocenters.